The maximum Gasteiger partial charge on any atom is 0.309 e. The smallest absolute Gasteiger partial charge is 0.309 e. The summed E-state index contributed by atoms with van der Waals surface area (Å²) < 4.78 is 26.3. The number of nitrogens with one attached hydrogen (secondary N) is 2. The molecule has 0 atom stereocenters. The molecule has 2 aromatic rings. The summed E-state index contributed by atoms with van der Waals surface area (Å²) in [4.78, 5) is 27.9. The third kappa shape index (κ3) is 6.37. The molecule has 0 spiro atoms. The number of rotatable bonds is 9. The molecule has 29 heavy (non-hydrogen) atoms. The van der Waals surface area contributed by atoms with Crippen molar-refractivity contribution < 1.29 is 18.0 Å². The number of hydrogen-bond donors (Lipinski definition) is 2. The van der Waals surface area contributed by atoms with Crippen LogP contribution in [0.3, 0.4) is 0 Å². The predicted octanol–water partition coefficient (Wildman–Crippen LogP) is 1.09. The number of amides is 2. The molecule has 0 aliphatic carbocycles. The Balaban J connectivity index is 1.81. The van der Waals surface area contributed by atoms with Gasteiger partial charge in [0.1, 0.15) is 0 Å². The molecule has 0 saturated carbocycles. The molecule has 0 radical (unpaired) electrons. The van der Waals surface area contributed by atoms with E-state index in [1.165, 1.54) is 4.31 Å². The fraction of sp³-hybridized carbons (Fsp3) is 0.350. The lowest BCUT2D eigenvalue weighted by molar-refractivity contribution is -0.139. The normalized spacial score (nSPS) is 11.3. The maximum absolute atomic E-state index is 12.5. The Bertz CT molecular complexity index is 911. The van der Waals surface area contributed by atoms with Gasteiger partial charge < -0.3 is 10.6 Å². The highest BCUT2D eigenvalue weighted by molar-refractivity contribution is 7.89. The van der Waals surface area contributed by atoms with E-state index in [-0.39, 0.29) is 18.0 Å². The minimum atomic E-state index is -3.49. The quantitative estimate of drug-likeness (QED) is 0.593. The largest absolute Gasteiger partial charge is 0.348 e. The van der Waals surface area contributed by atoms with E-state index in [1.807, 2.05) is 0 Å². The lowest BCUT2D eigenvalue weighted by atomic mass is 10.1. The van der Waals surface area contributed by atoms with Crippen molar-refractivity contribution >= 4 is 21.8 Å². The van der Waals surface area contributed by atoms with E-state index in [0.29, 0.717) is 19.5 Å². The van der Waals surface area contributed by atoms with Crippen LogP contribution in [0.5, 0.6) is 0 Å². The van der Waals surface area contributed by atoms with Gasteiger partial charge in [0.15, 0.2) is 0 Å². The van der Waals surface area contributed by atoms with Gasteiger partial charge in [0.05, 0.1) is 4.90 Å². The average molecular weight is 419 g/mol. The van der Waals surface area contributed by atoms with Gasteiger partial charge >= 0.3 is 11.8 Å². The Labute approximate surface area is 171 Å². The zero-order valence-corrected chi connectivity index (χ0v) is 17.4. The average Bonchev–Trinajstić information content (AvgIpc) is 2.73. The van der Waals surface area contributed by atoms with Crippen LogP contribution in [0.4, 0.5) is 0 Å². The first-order chi connectivity index (χ1) is 13.9. The first kappa shape index (κ1) is 22.5. The van der Waals surface area contributed by atoms with Crippen molar-refractivity contribution in [1.82, 2.24) is 19.9 Å². The molecule has 156 valence electrons. The van der Waals surface area contributed by atoms with Gasteiger partial charge in [-0.1, -0.05) is 32.0 Å². The summed E-state index contributed by atoms with van der Waals surface area (Å²) in [6.45, 7) is 4.91. The molecule has 9 heteroatoms. The number of hydrogen-bond acceptors (Lipinski definition) is 5. The summed E-state index contributed by atoms with van der Waals surface area (Å²) in [6.07, 6.45) is 3.72. The van der Waals surface area contributed by atoms with E-state index in [4.69, 9.17) is 0 Å². The van der Waals surface area contributed by atoms with Crippen molar-refractivity contribution in [1.29, 1.82) is 0 Å². The molecule has 1 heterocycles. The van der Waals surface area contributed by atoms with Gasteiger partial charge in [-0.2, -0.15) is 4.31 Å². The Morgan fingerprint density at radius 1 is 0.966 bits per heavy atom. The van der Waals surface area contributed by atoms with E-state index >= 15 is 0 Å². The van der Waals surface area contributed by atoms with Crippen molar-refractivity contribution in [2.75, 3.05) is 19.6 Å². The van der Waals surface area contributed by atoms with E-state index in [9.17, 15) is 18.0 Å². The van der Waals surface area contributed by atoms with Crippen LogP contribution in [-0.2, 0) is 32.6 Å². The Kier molecular flexibility index (Phi) is 8.29. The van der Waals surface area contributed by atoms with Gasteiger partial charge in [-0.15, -0.1) is 0 Å². The second-order valence-electron chi connectivity index (χ2n) is 6.28. The second kappa shape index (κ2) is 10.7. The van der Waals surface area contributed by atoms with Crippen LogP contribution in [0.1, 0.15) is 25.0 Å². The number of nitrogens with zero attached hydrogens (tertiary/aromatic N) is 2. The zero-order valence-electron chi connectivity index (χ0n) is 16.6. The summed E-state index contributed by atoms with van der Waals surface area (Å²) >= 11 is 0. The number of sulfonamides is 1. The molecule has 2 rings (SSSR count). The van der Waals surface area contributed by atoms with Crippen LogP contribution in [0.2, 0.25) is 0 Å². The van der Waals surface area contributed by atoms with Gasteiger partial charge in [-0.3, -0.25) is 14.6 Å². The fourth-order valence-corrected chi connectivity index (χ4v) is 4.16. The number of pyridine rings is 1. The maximum atomic E-state index is 12.5. The minimum absolute atomic E-state index is 0.225. The highest BCUT2D eigenvalue weighted by Gasteiger charge is 2.21. The first-order valence-electron chi connectivity index (χ1n) is 9.42. The topological polar surface area (TPSA) is 108 Å². The summed E-state index contributed by atoms with van der Waals surface area (Å²) in [5, 5.41) is 5.09. The number of benzene rings is 1. The monoisotopic (exact) mass is 418 g/mol. The molecule has 0 unspecified atom stereocenters. The number of carbonyl (C=O) groups excluding carboxylic acids is 2. The molecule has 1 aromatic carbocycles. The highest BCUT2D eigenvalue weighted by Crippen LogP contribution is 2.16. The van der Waals surface area contributed by atoms with Gasteiger partial charge in [0.25, 0.3) is 0 Å². The predicted molar refractivity (Wildman–Crippen MR) is 109 cm³/mol. The van der Waals surface area contributed by atoms with Gasteiger partial charge in [0, 0.05) is 38.6 Å². The number of aromatic nitrogens is 1. The highest BCUT2D eigenvalue weighted by atomic mass is 32.2. The van der Waals surface area contributed by atoms with Gasteiger partial charge in [-0.05, 0) is 35.7 Å². The van der Waals surface area contributed by atoms with Crippen LogP contribution < -0.4 is 10.6 Å². The SMILES string of the molecule is CCN(CC)S(=O)(=O)c1ccc(CCNC(=O)C(=O)NCc2cccnc2)cc1. The summed E-state index contributed by atoms with van der Waals surface area (Å²) in [5.74, 6) is -1.43. The fourth-order valence-electron chi connectivity index (χ4n) is 2.71. The van der Waals surface area contributed by atoms with Gasteiger partial charge in [-0.25, -0.2) is 8.42 Å². The van der Waals surface area contributed by atoms with E-state index < -0.39 is 21.8 Å². The Hall–Kier alpha value is -2.78. The Morgan fingerprint density at radius 3 is 2.21 bits per heavy atom. The van der Waals surface area contributed by atoms with Crippen molar-refractivity contribution in [3.8, 4) is 0 Å². The van der Waals surface area contributed by atoms with Crippen LogP contribution >= 0.6 is 0 Å². The Morgan fingerprint density at radius 2 is 1.62 bits per heavy atom. The molecule has 2 amide bonds. The van der Waals surface area contributed by atoms with Crippen molar-refractivity contribution in [2.45, 2.75) is 31.7 Å². The summed E-state index contributed by atoms with van der Waals surface area (Å²) in [7, 11) is -3.49. The standard InChI is InChI=1S/C20H26N4O4S/c1-3-24(4-2)29(27,28)18-9-7-16(8-10-18)11-13-22-19(25)20(26)23-15-17-6-5-12-21-14-17/h5-10,12,14H,3-4,11,13,15H2,1-2H3,(H,22,25)(H,23,26). The molecule has 0 saturated heterocycles. The lowest BCUT2D eigenvalue weighted by Crippen LogP contribution is -2.40. The van der Waals surface area contributed by atoms with E-state index in [2.05, 4.69) is 15.6 Å². The third-order valence-electron chi connectivity index (χ3n) is 4.35. The molecule has 0 aliphatic heterocycles. The van der Waals surface area contributed by atoms with Crippen molar-refractivity contribution in [3.63, 3.8) is 0 Å². The molecule has 8 nitrogen and oxygen atoms in total. The van der Waals surface area contributed by atoms with Crippen LogP contribution in [0.25, 0.3) is 0 Å². The van der Waals surface area contributed by atoms with E-state index in [0.717, 1.165) is 11.1 Å². The molecule has 2 N–H and O–H groups in total. The summed E-state index contributed by atoms with van der Waals surface area (Å²) in [5.41, 5.74) is 1.66. The lowest BCUT2D eigenvalue weighted by Gasteiger charge is -2.18. The molecule has 0 bridgehead atoms. The minimum Gasteiger partial charge on any atom is -0.348 e. The molecule has 0 aliphatic rings. The molecule has 0 fully saturated rings. The molecule has 1 aromatic heterocycles. The second-order valence-corrected chi connectivity index (χ2v) is 8.22. The van der Waals surface area contributed by atoms with Crippen LogP contribution in [0, 0.1) is 0 Å². The molecular weight excluding hydrogens is 392 g/mol. The zero-order chi connectivity index (χ0) is 21.3. The number of carbonyl (C=O) groups is 2. The van der Waals surface area contributed by atoms with Crippen molar-refractivity contribution in [2.24, 2.45) is 0 Å². The van der Waals surface area contributed by atoms with Crippen molar-refractivity contribution in [3.05, 3.63) is 59.9 Å². The third-order valence-corrected chi connectivity index (χ3v) is 6.41. The van der Waals surface area contributed by atoms with E-state index in [1.54, 1.807) is 62.6 Å². The molecular formula is C20H26N4O4S. The van der Waals surface area contributed by atoms with Crippen LogP contribution in [0.15, 0.2) is 53.7 Å². The van der Waals surface area contributed by atoms with Crippen LogP contribution in [-0.4, -0.2) is 49.2 Å². The first-order valence-corrected chi connectivity index (χ1v) is 10.9. The summed E-state index contributed by atoms with van der Waals surface area (Å²) in [6, 6.07) is 10.1. The van der Waals surface area contributed by atoms with Gasteiger partial charge in [0.2, 0.25) is 10.0 Å².